The van der Waals surface area contributed by atoms with Crippen molar-refractivity contribution in [2.75, 3.05) is 13.1 Å². The number of hydrogen-bond acceptors (Lipinski definition) is 3. The first kappa shape index (κ1) is 13.8. The first-order valence-corrected chi connectivity index (χ1v) is 7.31. The number of nitrogens with two attached hydrogens (primary N) is 1. The van der Waals surface area contributed by atoms with Gasteiger partial charge in [-0.15, -0.1) is 0 Å². The third-order valence-electron chi connectivity index (χ3n) is 4.91. The Morgan fingerprint density at radius 2 is 2.17 bits per heavy atom. The topological polar surface area (TPSA) is 66.6 Å². The molecule has 1 saturated carbocycles. The largest absolute Gasteiger partial charge is 0.480 e. The fourth-order valence-corrected chi connectivity index (χ4v) is 3.48. The van der Waals surface area contributed by atoms with Crippen molar-refractivity contribution in [3.05, 3.63) is 0 Å². The fourth-order valence-electron chi connectivity index (χ4n) is 3.48. The van der Waals surface area contributed by atoms with E-state index in [0.717, 1.165) is 12.5 Å². The van der Waals surface area contributed by atoms with Gasteiger partial charge in [-0.05, 0) is 31.6 Å². The molecule has 0 aromatic rings. The van der Waals surface area contributed by atoms with Gasteiger partial charge in [0.1, 0.15) is 5.54 Å². The van der Waals surface area contributed by atoms with E-state index in [2.05, 4.69) is 11.8 Å². The summed E-state index contributed by atoms with van der Waals surface area (Å²) in [6.07, 6.45) is 8.22. The van der Waals surface area contributed by atoms with Crippen LogP contribution in [0.2, 0.25) is 0 Å². The predicted molar refractivity (Wildman–Crippen MR) is 71.4 cm³/mol. The van der Waals surface area contributed by atoms with Gasteiger partial charge in [0.2, 0.25) is 0 Å². The molecule has 0 aromatic carbocycles. The van der Waals surface area contributed by atoms with E-state index in [4.69, 9.17) is 5.73 Å². The average Bonchev–Trinajstić information content (AvgIpc) is 2.62. The smallest absolute Gasteiger partial charge is 0.325 e. The second-order valence-corrected chi connectivity index (χ2v) is 6.12. The highest BCUT2D eigenvalue weighted by Crippen LogP contribution is 2.31. The molecule has 0 radical (unpaired) electrons. The van der Waals surface area contributed by atoms with Crippen LogP contribution in [0.25, 0.3) is 0 Å². The van der Waals surface area contributed by atoms with Crippen molar-refractivity contribution < 1.29 is 9.90 Å². The molecule has 18 heavy (non-hydrogen) atoms. The molecule has 3 N–H and O–H groups in total. The maximum atomic E-state index is 11.2. The van der Waals surface area contributed by atoms with Crippen LogP contribution in [0.15, 0.2) is 0 Å². The molecule has 2 rings (SSSR count). The van der Waals surface area contributed by atoms with Crippen LogP contribution in [0.1, 0.15) is 51.9 Å². The Balaban J connectivity index is 1.91. The van der Waals surface area contributed by atoms with Gasteiger partial charge in [-0.3, -0.25) is 9.69 Å². The molecule has 3 atom stereocenters. The van der Waals surface area contributed by atoms with Crippen LogP contribution < -0.4 is 5.73 Å². The van der Waals surface area contributed by atoms with Gasteiger partial charge >= 0.3 is 5.97 Å². The monoisotopic (exact) mass is 254 g/mol. The quantitative estimate of drug-likeness (QED) is 0.754. The summed E-state index contributed by atoms with van der Waals surface area (Å²) in [6.45, 7) is 3.66. The highest BCUT2D eigenvalue weighted by atomic mass is 16.4. The molecular weight excluding hydrogens is 228 g/mol. The summed E-state index contributed by atoms with van der Waals surface area (Å²) in [7, 11) is 0. The first-order chi connectivity index (χ1) is 8.55. The molecular formula is C14H26N2O2. The lowest BCUT2D eigenvalue weighted by Gasteiger charge is -2.28. The van der Waals surface area contributed by atoms with Gasteiger partial charge in [-0.25, -0.2) is 0 Å². The summed E-state index contributed by atoms with van der Waals surface area (Å²) in [4.78, 5) is 13.5. The Morgan fingerprint density at radius 1 is 1.39 bits per heavy atom. The van der Waals surface area contributed by atoms with Gasteiger partial charge in [-0.1, -0.05) is 26.2 Å². The highest BCUT2D eigenvalue weighted by Gasteiger charge is 2.43. The second kappa shape index (κ2) is 5.57. The lowest BCUT2D eigenvalue weighted by atomic mass is 9.97. The summed E-state index contributed by atoms with van der Waals surface area (Å²) in [5.41, 5.74) is 4.95. The Kier molecular flexibility index (Phi) is 4.28. The summed E-state index contributed by atoms with van der Waals surface area (Å²) in [5, 5.41) is 9.17. The Hall–Kier alpha value is -0.610. The zero-order chi connectivity index (χ0) is 13.2. The number of carboxylic acids is 1. The molecule has 0 bridgehead atoms. The molecule has 104 valence electrons. The van der Waals surface area contributed by atoms with Crippen LogP contribution in [0.4, 0.5) is 0 Å². The van der Waals surface area contributed by atoms with E-state index in [1.54, 1.807) is 0 Å². The van der Waals surface area contributed by atoms with E-state index in [9.17, 15) is 9.90 Å². The van der Waals surface area contributed by atoms with E-state index in [1.165, 1.54) is 38.5 Å². The van der Waals surface area contributed by atoms with Crippen molar-refractivity contribution in [3.8, 4) is 0 Å². The Labute approximate surface area is 110 Å². The number of carbonyl (C=O) groups is 1. The second-order valence-electron chi connectivity index (χ2n) is 6.12. The standard InChI is InChI=1S/C14H26N2O2/c1-2-11-4-3-5-12(7-6-11)16-9-8-14(15,10-16)13(17)18/h11-12H,2-10,15H2,1H3,(H,17,18). The SMILES string of the molecule is CCC1CCCC(N2CCC(N)(C(=O)O)C2)CC1. The van der Waals surface area contributed by atoms with Crippen LogP contribution >= 0.6 is 0 Å². The zero-order valence-corrected chi connectivity index (χ0v) is 11.4. The number of nitrogens with zero attached hydrogens (tertiary/aromatic N) is 1. The molecule has 1 aliphatic carbocycles. The molecule has 1 heterocycles. The van der Waals surface area contributed by atoms with Crippen molar-refractivity contribution in [3.63, 3.8) is 0 Å². The van der Waals surface area contributed by atoms with Crippen LogP contribution in [-0.2, 0) is 4.79 Å². The molecule has 1 saturated heterocycles. The van der Waals surface area contributed by atoms with Gasteiger partial charge in [0.05, 0.1) is 0 Å². The van der Waals surface area contributed by atoms with Gasteiger partial charge in [0, 0.05) is 19.1 Å². The van der Waals surface area contributed by atoms with Crippen molar-refractivity contribution in [2.24, 2.45) is 11.7 Å². The minimum absolute atomic E-state index is 0.532. The van der Waals surface area contributed by atoms with Gasteiger partial charge in [0.15, 0.2) is 0 Å². The van der Waals surface area contributed by atoms with E-state index in [1.807, 2.05) is 0 Å². The maximum Gasteiger partial charge on any atom is 0.325 e. The lowest BCUT2D eigenvalue weighted by Crippen LogP contribution is -2.51. The van der Waals surface area contributed by atoms with E-state index in [0.29, 0.717) is 19.0 Å². The highest BCUT2D eigenvalue weighted by molar-refractivity contribution is 5.79. The fraction of sp³-hybridized carbons (Fsp3) is 0.929. The normalized spacial score (nSPS) is 38.6. The molecule has 2 aliphatic rings. The molecule has 0 amide bonds. The third kappa shape index (κ3) is 2.86. The summed E-state index contributed by atoms with van der Waals surface area (Å²) >= 11 is 0. The zero-order valence-electron chi connectivity index (χ0n) is 11.4. The Bertz CT molecular complexity index is 308. The first-order valence-electron chi connectivity index (χ1n) is 7.31. The van der Waals surface area contributed by atoms with Gasteiger partial charge in [0.25, 0.3) is 0 Å². The summed E-state index contributed by atoms with van der Waals surface area (Å²) in [5.74, 6) is 0.0322. The maximum absolute atomic E-state index is 11.2. The number of carboxylic acid groups (broad SMARTS) is 1. The number of hydrogen-bond donors (Lipinski definition) is 2. The van der Waals surface area contributed by atoms with Crippen LogP contribution in [0, 0.1) is 5.92 Å². The molecule has 1 aliphatic heterocycles. The van der Waals surface area contributed by atoms with Crippen LogP contribution in [-0.4, -0.2) is 40.6 Å². The van der Waals surface area contributed by atoms with Crippen LogP contribution in [0.5, 0.6) is 0 Å². The van der Waals surface area contributed by atoms with Crippen molar-refractivity contribution in [1.82, 2.24) is 4.90 Å². The van der Waals surface area contributed by atoms with Crippen molar-refractivity contribution in [2.45, 2.75) is 63.5 Å². The number of aliphatic carboxylic acids is 1. The number of rotatable bonds is 3. The molecule has 0 spiro atoms. The third-order valence-corrected chi connectivity index (χ3v) is 4.91. The van der Waals surface area contributed by atoms with E-state index < -0.39 is 11.5 Å². The van der Waals surface area contributed by atoms with E-state index in [-0.39, 0.29) is 0 Å². The number of likely N-dealkylation sites (tertiary alicyclic amines) is 1. The lowest BCUT2D eigenvalue weighted by molar-refractivity contribution is -0.142. The predicted octanol–water partition coefficient (Wildman–Crippen LogP) is 1.83. The molecule has 3 unspecified atom stereocenters. The molecule has 0 aromatic heterocycles. The van der Waals surface area contributed by atoms with Crippen molar-refractivity contribution >= 4 is 5.97 Å². The van der Waals surface area contributed by atoms with Crippen LogP contribution in [0.3, 0.4) is 0 Å². The Morgan fingerprint density at radius 3 is 2.78 bits per heavy atom. The molecule has 4 nitrogen and oxygen atoms in total. The van der Waals surface area contributed by atoms with E-state index >= 15 is 0 Å². The molecule has 4 heteroatoms. The summed E-state index contributed by atoms with van der Waals surface area (Å²) < 4.78 is 0. The summed E-state index contributed by atoms with van der Waals surface area (Å²) in [6, 6.07) is 0.561. The van der Waals surface area contributed by atoms with Gasteiger partial charge < -0.3 is 10.8 Å². The van der Waals surface area contributed by atoms with Crippen molar-refractivity contribution in [1.29, 1.82) is 0 Å². The minimum atomic E-state index is -1.00. The minimum Gasteiger partial charge on any atom is -0.480 e. The molecule has 2 fully saturated rings. The average molecular weight is 254 g/mol. The van der Waals surface area contributed by atoms with Gasteiger partial charge in [-0.2, -0.15) is 0 Å².